The van der Waals surface area contributed by atoms with Crippen LogP contribution in [-0.2, 0) is 0 Å². The number of rotatable bonds is 3. The normalized spacial score (nSPS) is 12.5. The molecule has 4 heteroatoms. The first-order valence-corrected chi connectivity index (χ1v) is 6.77. The topological polar surface area (TPSA) is 24.9 Å². The number of nitrogens with one attached hydrogen (secondary N) is 1. The average Bonchev–Trinajstić information content (AvgIpc) is 2.71. The number of thiazole rings is 1. The zero-order valence-electron chi connectivity index (χ0n) is 10.1. The summed E-state index contributed by atoms with van der Waals surface area (Å²) in [5, 5.41) is 4.27. The van der Waals surface area contributed by atoms with E-state index in [1.54, 1.807) is 11.3 Å². The largest absolute Gasteiger partial charge is 0.377 e. The number of aryl methyl sites for hydroxylation is 1. The van der Waals surface area contributed by atoms with Gasteiger partial charge >= 0.3 is 0 Å². The standard InChI is InChI=1S/C13H15ClN2S/c1-8-11(14)5-4-6-12(8)16-10(3)13-9(2)15-7-17-13/h4-7,10,16H,1-3H3. The quantitative estimate of drug-likeness (QED) is 0.879. The number of anilines is 1. The van der Waals surface area contributed by atoms with E-state index in [4.69, 9.17) is 11.6 Å². The summed E-state index contributed by atoms with van der Waals surface area (Å²) in [6, 6.07) is 6.17. The molecule has 17 heavy (non-hydrogen) atoms. The molecule has 0 spiro atoms. The van der Waals surface area contributed by atoms with Gasteiger partial charge in [-0.3, -0.25) is 0 Å². The van der Waals surface area contributed by atoms with E-state index in [2.05, 4.69) is 17.2 Å². The van der Waals surface area contributed by atoms with Gasteiger partial charge < -0.3 is 5.32 Å². The molecule has 0 fully saturated rings. The van der Waals surface area contributed by atoms with Crippen LogP contribution in [-0.4, -0.2) is 4.98 Å². The summed E-state index contributed by atoms with van der Waals surface area (Å²) < 4.78 is 0. The molecule has 1 unspecified atom stereocenters. The molecule has 1 N–H and O–H groups in total. The Morgan fingerprint density at radius 2 is 2.12 bits per heavy atom. The highest BCUT2D eigenvalue weighted by Gasteiger charge is 2.12. The third-order valence-electron chi connectivity index (χ3n) is 2.82. The van der Waals surface area contributed by atoms with Gasteiger partial charge in [-0.05, 0) is 38.5 Å². The van der Waals surface area contributed by atoms with Crippen molar-refractivity contribution in [3.05, 3.63) is 44.9 Å². The molecule has 1 atom stereocenters. The lowest BCUT2D eigenvalue weighted by Crippen LogP contribution is -2.07. The minimum Gasteiger partial charge on any atom is -0.377 e. The molecular weight excluding hydrogens is 252 g/mol. The first kappa shape index (κ1) is 12.4. The predicted octanol–water partition coefficient (Wildman–Crippen LogP) is 4.59. The Bertz CT molecular complexity index is 522. The van der Waals surface area contributed by atoms with E-state index >= 15 is 0 Å². The number of halogens is 1. The molecule has 0 saturated heterocycles. The van der Waals surface area contributed by atoms with Crippen molar-refractivity contribution in [1.29, 1.82) is 0 Å². The van der Waals surface area contributed by atoms with E-state index in [9.17, 15) is 0 Å². The number of nitrogens with zero attached hydrogens (tertiary/aromatic N) is 1. The van der Waals surface area contributed by atoms with E-state index in [0.29, 0.717) is 0 Å². The summed E-state index contributed by atoms with van der Waals surface area (Å²) in [7, 11) is 0. The van der Waals surface area contributed by atoms with Crippen molar-refractivity contribution in [3.63, 3.8) is 0 Å². The fourth-order valence-corrected chi connectivity index (χ4v) is 2.77. The van der Waals surface area contributed by atoms with Crippen LogP contribution in [0.5, 0.6) is 0 Å². The third kappa shape index (κ3) is 2.61. The molecule has 2 nitrogen and oxygen atoms in total. The van der Waals surface area contributed by atoms with Crippen LogP contribution in [0.25, 0.3) is 0 Å². The maximum atomic E-state index is 6.10. The first-order valence-electron chi connectivity index (χ1n) is 5.51. The fraction of sp³-hybridized carbons (Fsp3) is 0.308. The van der Waals surface area contributed by atoms with Gasteiger partial charge in [0.2, 0.25) is 0 Å². The highest BCUT2D eigenvalue weighted by Crippen LogP contribution is 2.29. The van der Waals surface area contributed by atoms with Gasteiger partial charge in [-0.2, -0.15) is 0 Å². The number of hydrogen-bond acceptors (Lipinski definition) is 3. The Hall–Kier alpha value is -1.06. The van der Waals surface area contributed by atoms with E-state index < -0.39 is 0 Å². The maximum absolute atomic E-state index is 6.10. The zero-order valence-corrected chi connectivity index (χ0v) is 11.7. The van der Waals surface area contributed by atoms with E-state index in [-0.39, 0.29) is 6.04 Å². The molecule has 0 saturated carbocycles. The Kier molecular flexibility index (Phi) is 3.69. The van der Waals surface area contributed by atoms with Gasteiger partial charge in [-0.25, -0.2) is 4.98 Å². The first-order chi connectivity index (χ1) is 8.09. The van der Waals surface area contributed by atoms with Crippen molar-refractivity contribution in [1.82, 2.24) is 4.98 Å². The highest BCUT2D eigenvalue weighted by atomic mass is 35.5. The number of benzene rings is 1. The van der Waals surface area contributed by atoms with Gasteiger partial charge in [0.05, 0.1) is 17.2 Å². The summed E-state index contributed by atoms with van der Waals surface area (Å²) in [6.45, 7) is 6.20. The molecule has 2 rings (SSSR count). The summed E-state index contributed by atoms with van der Waals surface area (Å²) >= 11 is 7.78. The minimum atomic E-state index is 0.250. The second-order valence-corrected chi connectivity index (χ2v) is 5.37. The van der Waals surface area contributed by atoms with Crippen LogP contribution in [0.3, 0.4) is 0 Å². The summed E-state index contributed by atoms with van der Waals surface area (Å²) in [6.07, 6.45) is 0. The number of aromatic nitrogens is 1. The van der Waals surface area contributed by atoms with Crippen molar-refractivity contribution in [2.24, 2.45) is 0 Å². The average molecular weight is 267 g/mol. The van der Waals surface area contributed by atoms with Gasteiger partial charge in [-0.1, -0.05) is 17.7 Å². The highest BCUT2D eigenvalue weighted by molar-refractivity contribution is 7.09. The Balaban J connectivity index is 2.22. The van der Waals surface area contributed by atoms with Crippen LogP contribution in [0.1, 0.15) is 29.1 Å². The third-order valence-corrected chi connectivity index (χ3v) is 4.34. The van der Waals surface area contributed by atoms with E-state index in [0.717, 1.165) is 22.0 Å². The molecule has 1 heterocycles. The molecule has 1 aromatic carbocycles. The summed E-state index contributed by atoms with van der Waals surface area (Å²) in [5.41, 5.74) is 5.14. The van der Waals surface area contributed by atoms with Gasteiger partial charge in [0.25, 0.3) is 0 Å². The Morgan fingerprint density at radius 1 is 1.35 bits per heavy atom. The second-order valence-electron chi connectivity index (χ2n) is 4.08. The summed E-state index contributed by atoms with van der Waals surface area (Å²) in [5.74, 6) is 0. The van der Waals surface area contributed by atoms with Crippen molar-refractivity contribution in [3.8, 4) is 0 Å². The smallest absolute Gasteiger partial charge is 0.0798 e. The molecule has 0 amide bonds. The molecule has 2 aromatic rings. The maximum Gasteiger partial charge on any atom is 0.0798 e. The van der Waals surface area contributed by atoms with Crippen molar-refractivity contribution < 1.29 is 0 Å². The zero-order chi connectivity index (χ0) is 12.4. The molecule has 0 aliphatic heterocycles. The van der Waals surface area contributed by atoms with Crippen LogP contribution in [0.4, 0.5) is 5.69 Å². The van der Waals surface area contributed by atoms with Crippen molar-refractivity contribution >= 4 is 28.6 Å². The SMILES string of the molecule is Cc1ncsc1C(C)Nc1cccc(Cl)c1C. The van der Waals surface area contributed by atoms with Crippen LogP contribution in [0.15, 0.2) is 23.7 Å². The minimum absolute atomic E-state index is 0.250. The van der Waals surface area contributed by atoms with E-state index in [1.807, 2.05) is 37.6 Å². The molecule has 1 aromatic heterocycles. The van der Waals surface area contributed by atoms with Gasteiger partial charge in [0, 0.05) is 15.6 Å². The molecule has 0 aliphatic rings. The lowest BCUT2D eigenvalue weighted by molar-refractivity contribution is 0.888. The van der Waals surface area contributed by atoms with E-state index in [1.165, 1.54) is 4.88 Å². The Morgan fingerprint density at radius 3 is 2.76 bits per heavy atom. The monoisotopic (exact) mass is 266 g/mol. The van der Waals surface area contributed by atoms with Crippen LogP contribution in [0, 0.1) is 13.8 Å². The van der Waals surface area contributed by atoms with Gasteiger partial charge in [-0.15, -0.1) is 11.3 Å². The predicted molar refractivity (Wildman–Crippen MR) is 75.1 cm³/mol. The molecule has 0 bridgehead atoms. The van der Waals surface area contributed by atoms with Crippen LogP contribution < -0.4 is 5.32 Å². The van der Waals surface area contributed by atoms with Crippen LogP contribution in [0.2, 0.25) is 5.02 Å². The lowest BCUT2D eigenvalue weighted by atomic mass is 10.1. The molecule has 90 valence electrons. The summed E-state index contributed by atoms with van der Waals surface area (Å²) in [4.78, 5) is 5.54. The van der Waals surface area contributed by atoms with Crippen molar-refractivity contribution in [2.75, 3.05) is 5.32 Å². The van der Waals surface area contributed by atoms with Gasteiger partial charge in [0.1, 0.15) is 0 Å². The molecule has 0 aliphatic carbocycles. The Labute approximate surface area is 111 Å². The molecular formula is C13H15ClN2S. The fourth-order valence-electron chi connectivity index (χ4n) is 1.79. The van der Waals surface area contributed by atoms with Crippen molar-refractivity contribution in [2.45, 2.75) is 26.8 Å². The molecule has 0 radical (unpaired) electrons. The lowest BCUT2D eigenvalue weighted by Gasteiger charge is -2.16. The number of hydrogen-bond donors (Lipinski definition) is 1. The van der Waals surface area contributed by atoms with Crippen LogP contribution >= 0.6 is 22.9 Å². The second kappa shape index (κ2) is 5.07. The van der Waals surface area contributed by atoms with Gasteiger partial charge in [0.15, 0.2) is 0 Å².